The molecule has 28 heavy (non-hydrogen) atoms. The maximum absolute atomic E-state index is 12.6. The summed E-state index contributed by atoms with van der Waals surface area (Å²) in [5.74, 6) is 3.21. The normalized spacial score (nSPS) is 49.4. The quantitative estimate of drug-likeness (QED) is 0.713. The number of hydrogen-bond donors (Lipinski definition) is 1. The summed E-state index contributed by atoms with van der Waals surface area (Å²) >= 11 is 0. The Morgan fingerprint density at radius 2 is 1.93 bits per heavy atom. The lowest BCUT2D eigenvalue weighted by atomic mass is 9.46. The van der Waals surface area contributed by atoms with Gasteiger partial charge in [-0.15, -0.1) is 0 Å². The van der Waals surface area contributed by atoms with Gasteiger partial charge < -0.3 is 10.2 Å². The zero-order valence-electron chi connectivity index (χ0n) is 17.8. The van der Waals surface area contributed by atoms with Gasteiger partial charge in [0.25, 0.3) is 0 Å². The number of carbonyl (C=O) groups excluding carboxylic acids is 1. The predicted molar refractivity (Wildman–Crippen MR) is 111 cm³/mol. The van der Waals surface area contributed by atoms with Crippen LogP contribution in [0.15, 0.2) is 16.8 Å². The lowest BCUT2D eigenvalue weighted by Gasteiger charge is -2.58. The van der Waals surface area contributed by atoms with E-state index in [0.717, 1.165) is 62.7 Å². The fourth-order valence-electron chi connectivity index (χ4n) is 7.70. The zero-order chi connectivity index (χ0) is 19.5. The Hall–Kier alpha value is -1.16. The molecule has 4 nitrogen and oxygen atoms in total. The van der Waals surface area contributed by atoms with E-state index in [1.807, 2.05) is 0 Å². The largest absolute Gasteiger partial charge is 0.391 e. The Morgan fingerprint density at radius 3 is 2.71 bits per heavy atom. The number of fused-ring (bicyclic) bond motifs is 5. The van der Waals surface area contributed by atoms with Crippen LogP contribution < -0.4 is 5.32 Å². The average molecular weight is 385 g/mol. The molecular weight excluding hydrogens is 348 g/mol. The molecular formula is C24H36N2O2. The third-order valence-corrected chi connectivity index (χ3v) is 9.34. The van der Waals surface area contributed by atoms with Gasteiger partial charge in [-0.25, -0.2) is 0 Å². The zero-order valence-corrected chi connectivity index (χ0v) is 17.8. The van der Waals surface area contributed by atoms with Crippen molar-refractivity contribution >= 4 is 11.5 Å². The van der Waals surface area contributed by atoms with Gasteiger partial charge in [0.05, 0.1) is 5.71 Å². The first-order valence-corrected chi connectivity index (χ1v) is 11.6. The van der Waals surface area contributed by atoms with Crippen molar-refractivity contribution in [2.24, 2.45) is 39.7 Å². The number of allylic oxidation sites excluding steroid dienone is 2. The molecule has 7 atom stereocenters. The molecule has 0 amide bonds. The fraction of sp³-hybridized carbons (Fsp3) is 0.833. The van der Waals surface area contributed by atoms with Crippen LogP contribution in [0.1, 0.15) is 72.1 Å². The van der Waals surface area contributed by atoms with Gasteiger partial charge in [0.2, 0.25) is 0 Å². The van der Waals surface area contributed by atoms with E-state index in [-0.39, 0.29) is 16.9 Å². The van der Waals surface area contributed by atoms with E-state index in [9.17, 15) is 4.79 Å². The van der Waals surface area contributed by atoms with Gasteiger partial charge in [-0.3, -0.25) is 4.79 Å². The molecule has 0 spiro atoms. The van der Waals surface area contributed by atoms with Crippen molar-refractivity contribution in [2.45, 2.75) is 78.2 Å². The highest BCUT2D eigenvalue weighted by molar-refractivity contribution is 5.96. The first-order valence-electron chi connectivity index (χ1n) is 11.6. The van der Waals surface area contributed by atoms with E-state index in [0.29, 0.717) is 17.6 Å². The topological polar surface area (TPSA) is 50.7 Å². The van der Waals surface area contributed by atoms with Gasteiger partial charge in [-0.05, 0) is 80.2 Å². The highest BCUT2D eigenvalue weighted by Crippen LogP contribution is 2.65. The van der Waals surface area contributed by atoms with Crippen molar-refractivity contribution in [3.63, 3.8) is 0 Å². The fourth-order valence-corrected chi connectivity index (χ4v) is 7.70. The van der Waals surface area contributed by atoms with Crippen molar-refractivity contribution in [3.05, 3.63) is 11.6 Å². The molecule has 4 heteroatoms. The van der Waals surface area contributed by atoms with E-state index in [4.69, 9.17) is 4.84 Å². The number of nitrogens with zero attached hydrogens (tertiary/aromatic N) is 1. The summed E-state index contributed by atoms with van der Waals surface area (Å²) < 4.78 is 0. The van der Waals surface area contributed by atoms with Crippen LogP contribution >= 0.6 is 0 Å². The summed E-state index contributed by atoms with van der Waals surface area (Å²) in [5.41, 5.74) is 3.01. The Balaban J connectivity index is 1.40. The Labute approximate surface area is 169 Å². The summed E-state index contributed by atoms with van der Waals surface area (Å²) in [6, 6.07) is 0. The summed E-state index contributed by atoms with van der Waals surface area (Å²) in [7, 11) is 0. The van der Waals surface area contributed by atoms with Gasteiger partial charge in [0, 0.05) is 24.8 Å². The summed E-state index contributed by atoms with van der Waals surface area (Å²) in [4.78, 5) is 18.4. The summed E-state index contributed by atoms with van der Waals surface area (Å²) in [6.45, 7) is 9.17. The molecule has 3 saturated carbocycles. The van der Waals surface area contributed by atoms with Crippen molar-refractivity contribution in [3.8, 4) is 0 Å². The third-order valence-electron chi connectivity index (χ3n) is 9.34. The minimum Gasteiger partial charge on any atom is -0.391 e. The molecule has 1 N–H and O–H groups in total. The molecule has 0 radical (unpaired) electrons. The molecule has 1 saturated heterocycles. The highest BCUT2D eigenvalue weighted by atomic mass is 16.6. The number of rotatable bonds is 2. The van der Waals surface area contributed by atoms with Crippen LogP contribution in [0.2, 0.25) is 0 Å². The molecule has 5 aliphatic rings. The number of carbonyl (C=O) groups is 1. The van der Waals surface area contributed by atoms with Crippen LogP contribution in [0.5, 0.6) is 0 Å². The molecule has 1 heterocycles. The maximum atomic E-state index is 12.6. The van der Waals surface area contributed by atoms with Crippen molar-refractivity contribution in [1.82, 2.24) is 5.32 Å². The molecule has 1 aliphatic heterocycles. The minimum absolute atomic E-state index is 0.0249. The van der Waals surface area contributed by atoms with Crippen molar-refractivity contribution in [2.75, 3.05) is 13.1 Å². The predicted octanol–water partition coefficient (Wildman–Crippen LogP) is 4.50. The molecule has 4 fully saturated rings. The molecule has 4 aliphatic carbocycles. The Kier molecular flexibility index (Phi) is 4.50. The summed E-state index contributed by atoms with van der Waals surface area (Å²) in [5, 5.41) is 7.90. The Morgan fingerprint density at radius 1 is 1.11 bits per heavy atom. The molecule has 0 aromatic carbocycles. The number of hydrogen-bond acceptors (Lipinski definition) is 4. The van der Waals surface area contributed by atoms with Crippen LogP contribution in [0, 0.1) is 34.5 Å². The number of ketones is 1. The monoisotopic (exact) mass is 384 g/mol. The lowest BCUT2D eigenvalue weighted by molar-refractivity contribution is -0.132. The number of nitrogens with one attached hydrogen (secondary N) is 1. The first kappa shape index (κ1) is 18.8. The van der Waals surface area contributed by atoms with Crippen LogP contribution in [0.25, 0.3) is 0 Å². The summed E-state index contributed by atoms with van der Waals surface area (Å²) in [6.07, 6.45) is 11.4. The molecule has 0 aromatic heterocycles. The SMILES string of the molecule is CC1CC2C(CC[C@]3(C)C(=O)CCC23)[C@@]2(C)CCC(=NO[C@@H]3CCNC3)C=C12. The molecule has 0 bridgehead atoms. The molecule has 4 unspecified atom stereocenters. The van der Waals surface area contributed by atoms with E-state index in [1.54, 1.807) is 5.57 Å². The van der Waals surface area contributed by atoms with Crippen molar-refractivity contribution < 1.29 is 9.63 Å². The molecule has 5 rings (SSSR count). The highest BCUT2D eigenvalue weighted by Gasteiger charge is 2.59. The van der Waals surface area contributed by atoms with Crippen LogP contribution in [0.4, 0.5) is 0 Å². The van der Waals surface area contributed by atoms with E-state index in [1.165, 1.54) is 19.3 Å². The van der Waals surface area contributed by atoms with Gasteiger partial charge in [0.1, 0.15) is 11.9 Å². The lowest BCUT2D eigenvalue weighted by Crippen LogP contribution is -2.52. The van der Waals surface area contributed by atoms with E-state index >= 15 is 0 Å². The first-order chi connectivity index (χ1) is 13.4. The van der Waals surface area contributed by atoms with Gasteiger partial charge >= 0.3 is 0 Å². The molecule has 154 valence electrons. The van der Waals surface area contributed by atoms with Gasteiger partial charge in [-0.1, -0.05) is 31.5 Å². The maximum Gasteiger partial charge on any atom is 0.141 e. The Bertz CT molecular complexity index is 722. The second kappa shape index (κ2) is 6.68. The number of oxime groups is 1. The smallest absolute Gasteiger partial charge is 0.141 e. The standard InChI is InChI=1S/C24H36N2O2/c1-15-12-18-19-4-5-22(27)24(19,3)10-7-20(18)23(2)9-6-16(13-21(15)23)26-28-17-8-11-25-14-17/h13,15,17-20,25H,4-12,14H2,1-3H3/t15?,17-,18?,19?,20?,23-,24+/m1/s1. The average Bonchev–Trinajstić information content (AvgIpc) is 3.29. The minimum atomic E-state index is -0.0249. The third kappa shape index (κ3) is 2.74. The van der Waals surface area contributed by atoms with E-state index in [2.05, 4.69) is 37.3 Å². The van der Waals surface area contributed by atoms with E-state index < -0.39 is 0 Å². The molecule has 0 aromatic rings. The number of Topliss-reactive ketones (excluding diaryl/α,β-unsaturated/α-hetero) is 1. The van der Waals surface area contributed by atoms with Crippen LogP contribution in [-0.2, 0) is 9.63 Å². The van der Waals surface area contributed by atoms with Gasteiger partial charge in [-0.2, -0.15) is 0 Å². The van der Waals surface area contributed by atoms with Crippen LogP contribution in [-0.4, -0.2) is 30.7 Å². The van der Waals surface area contributed by atoms with Gasteiger partial charge in [0.15, 0.2) is 0 Å². The second-order valence-corrected chi connectivity index (χ2v) is 10.8. The van der Waals surface area contributed by atoms with Crippen molar-refractivity contribution in [1.29, 1.82) is 0 Å². The second-order valence-electron chi connectivity index (χ2n) is 10.8. The van der Waals surface area contributed by atoms with Crippen LogP contribution in [0.3, 0.4) is 0 Å².